The van der Waals surface area contributed by atoms with E-state index in [2.05, 4.69) is 0 Å². The first kappa shape index (κ1) is 14.5. The van der Waals surface area contributed by atoms with Gasteiger partial charge >= 0.3 is 0 Å². The van der Waals surface area contributed by atoms with Gasteiger partial charge < -0.3 is 25.2 Å². The molecule has 0 aliphatic carbocycles. The number of phenolic OH excluding ortho intramolecular Hbond substituents is 4. The number of carbonyl (C=O) groups excluding carboxylic acids is 1. The molecule has 1 fully saturated rings. The van der Waals surface area contributed by atoms with Crippen molar-refractivity contribution in [2.75, 3.05) is 0 Å². The van der Waals surface area contributed by atoms with Gasteiger partial charge in [-0.3, -0.25) is 4.79 Å². The summed E-state index contributed by atoms with van der Waals surface area (Å²) < 4.78 is 5.34. The molecule has 6 heteroatoms. The Hall–Kier alpha value is -2.47. The van der Waals surface area contributed by atoms with E-state index in [1.54, 1.807) is 0 Å². The van der Waals surface area contributed by atoms with Gasteiger partial charge in [0.15, 0.2) is 5.78 Å². The van der Waals surface area contributed by atoms with Crippen LogP contribution in [0.25, 0.3) is 10.8 Å². The molecule has 0 saturated carbocycles. The van der Waals surface area contributed by atoms with E-state index in [1.165, 1.54) is 12.1 Å². The van der Waals surface area contributed by atoms with Crippen molar-refractivity contribution in [1.82, 2.24) is 0 Å². The molecule has 116 valence electrons. The zero-order chi connectivity index (χ0) is 16.2. The van der Waals surface area contributed by atoms with Crippen molar-refractivity contribution >= 4 is 16.6 Å². The highest BCUT2D eigenvalue weighted by atomic mass is 16.6. The predicted molar refractivity (Wildman–Crippen MR) is 78.5 cm³/mol. The lowest BCUT2D eigenvalue weighted by atomic mass is 9.96. The number of epoxide rings is 1. The highest BCUT2D eigenvalue weighted by Crippen LogP contribution is 2.46. The van der Waals surface area contributed by atoms with E-state index in [-0.39, 0.29) is 51.7 Å². The van der Waals surface area contributed by atoms with Crippen LogP contribution in [0.2, 0.25) is 0 Å². The maximum absolute atomic E-state index is 12.3. The Kier molecular flexibility index (Phi) is 2.97. The van der Waals surface area contributed by atoms with E-state index in [9.17, 15) is 25.2 Å². The quantitative estimate of drug-likeness (QED) is 0.394. The van der Waals surface area contributed by atoms with Crippen molar-refractivity contribution in [1.29, 1.82) is 0 Å². The highest BCUT2D eigenvalue weighted by molar-refractivity contribution is 6.10. The number of phenols is 4. The fourth-order valence-corrected chi connectivity index (χ4v) is 2.60. The van der Waals surface area contributed by atoms with Gasteiger partial charge in [-0.15, -0.1) is 0 Å². The molecule has 1 atom stereocenters. The van der Waals surface area contributed by atoms with Gasteiger partial charge in [-0.25, -0.2) is 0 Å². The Bertz CT molecular complexity index is 793. The van der Waals surface area contributed by atoms with Gasteiger partial charge in [0.2, 0.25) is 0 Å². The molecule has 0 amide bonds. The van der Waals surface area contributed by atoms with Crippen molar-refractivity contribution in [3.63, 3.8) is 0 Å². The fraction of sp³-hybridized carbons (Fsp3) is 0.312. The second kappa shape index (κ2) is 4.51. The van der Waals surface area contributed by atoms with Crippen LogP contribution in [0.15, 0.2) is 18.2 Å². The van der Waals surface area contributed by atoms with Crippen LogP contribution < -0.4 is 0 Å². The molecule has 0 spiro atoms. The summed E-state index contributed by atoms with van der Waals surface area (Å²) in [6, 6.07) is 3.46. The number of ketones is 1. The maximum atomic E-state index is 12.3. The number of aromatic hydroxyl groups is 4. The lowest BCUT2D eigenvalue weighted by Crippen LogP contribution is -2.10. The van der Waals surface area contributed by atoms with Crippen molar-refractivity contribution in [2.45, 2.75) is 32.0 Å². The molecular formula is C16H16O6. The molecule has 1 aliphatic heterocycles. The molecule has 2 aromatic carbocycles. The van der Waals surface area contributed by atoms with E-state index < -0.39 is 11.5 Å². The Morgan fingerprint density at radius 3 is 2.18 bits per heavy atom. The molecule has 0 bridgehead atoms. The van der Waals surface area contributed by atoms with Crippen LogP contribution in [0, 0.1) is 0 Å². The van der Waals surface area contributed by atoms with Crippen molar-refractivity contribution in [3.05, 3.63) is 23.8 Å². The molecule has 0 aromatic heterocycles. The summed E-state index contributed by atoms with van der Waals surface area (Å²) in [5.41, 5.74) is -0.484. The molecule has 6 nitrogen and oxygen atoms in total. The lowest BCUT2D eigenvalue weighted by molar-refractivity contribution is 0.0970. The second-order valence-corrected chi connectivity index (χ2v) is 5.98. The van der Waals surface area contributed by atoms with Crippen molar-refractivity contribution < 1.29 is 30.0 Å². The molecule has 22 heavy (non-hydrogen) atoms. The molecule has 3 rings (SSSR count). The van der Waals surface area contributed by atoms with Gasteiger partial charge in [0, 0.05) is 6.42 Å². The zero-order valence-corrected chi connectivity index (χ0v) is 12.1. The minimum absolute atomic E-state index is 0.0606. The summed E-state index contributed by atoms with van der Waals surface area (Å²) >= 11 is 0. The third-order valence-electron chi connectivity index (χ3n) is 4.03. The Balaban J connectivity index is 2.10. The minimum atomic E-state index is -0.468. The van der Waals surface area contributed by atoms with Crippen LogP contribution in [-0.4, -0.2) is 37.9 Å². The van der Waals surface area contributed by atoms with Gasteiger partial charge in [-0.05, 0) is 32.0 Å². The SMILES string of the molecule is CC1(C)OC1CC(=O)c1cc(O)c2c(O)ccc(O)c2c1O. The summed E-state index contributed by atoms with van der Waals surface area (Å²) in [5.74, 6) is -1.90. The Morgan fingerprint density at radius 2 is 1.64 bits per heavy atom. The van der Waals surface area contributed by atoms with Gasteiger partial charge in [-0.1, -0.05) is 0 Å². The van der Waals surface area contributed by atoms with Crippen LogP contribution in [-0.2, 0) is 4.74 Å². The molecule has 1 saturated heterocycles. The van der Waals surface area contributed by atoms with Crippen molar-refractivity contribution in [3.8, 4) is 23.0 Å². The molecule has 1 aliphatic rings. The topological polar surface area (TPSA) is 111 Å². The predicted octanol–water partition coefficient (Wildman–Crippen LogP) is 2.41. The normalized spacial score (nSPS) is 19.3. The number of hydrogen-bond acceptors (Lipinski definition) is 6. The smallest absolute Gasteiger partial charge is 0.169 e. The van der Waals surface area contributed by atoms with Gasteiger partial charge in [-0.2, -0.15) is 0 Å². The fourth-order valence-electron chi connectivity index (χ4n) is 2.60. The third-order valence-corrected chi connectivity index (χ3v) is 4.03. The number of ether oxygens (including phenoxy) is 1. The van der Waals surface area contributed by atoms with Crippen LogP contribution in [0.4, 0.5) is 0 Å². The van der Waals surface area contributed by atoms with Gasteiger partial charge in [0.1, 0.15) is 23.0 Å². The van der Waals surface area contributed by atoms with E-state index in [4.69, 9.17) is 4.74 Å². The summed E-state index contributed by atoms with van der Waals surface area (Å²) in [7, 11) is 0. The Morgan fingerprint density at radius 1 is 1.09 bits per heavy atom. The number of rotatable bonds is 3. The van der Waals surface area contributed by atoms with E-state index in [1.807, 2.05) is 13.8 Å². The van der Waals surface area contributed by atoms with E-state index >= 15 is 0 Å². The van der Waals surface area contributed by atoms with Gasteiger partial charge in [0.25, 0.3) is 0 Å². The number of hydrogen-bond donors (Lipinski definition) is 4. The number of Topliss-reactive ketones (excluding diaryl/α,β-unsaturated/α-hetero) is 1. The molecule has 4 N–H and O–H groups in total. The van der Waals surface area contributed by atoms with Gasteiger partial charge in [0.05, 0.1) is 28.0 Å². The number of fused-ring (bicyclic) bond motifs is 1. The average Bonchev–Trinajstić information content (AvgIpc) is 3.03. The first-order valence-electron chi connectivity index (χ1n) is 6.83. The summed E-state index contributed by atoms with van der Waals surface area (Å²) in [4.78, 5) is 12.3. The van der Waals surface area contributed by atoms with Crippen LogP contribution in [0.3, 0.4) is 0 Å². The maximum Gasteiger partial charge on any atom is 0.169 e. The molecule has 2 aromatic rings. The lowest BCUT2D eigenvalue weighted by Gasteiger charge is -2.11. The monoisotopic (exact) mass is 304 g/mol. The minimum Gasteiger partial charge on any atom is -0.507 e. The first-order chi connectivity index (χ1) is 10.2. The van der Waals surface area contributed by atoms with Crippen LogP contribution in [0.5, 0.6) is 23.0 Å². The van der Waals surface area contributed by atoms with Crippen LogP contribution >= 0.6 is 0 Å². The third kappa shape index (κ3) is 2.12. The molecule has 1 heterocycles. The molecule has 0 radical (unpaired) electrons. The summed E-state index contributed by atoms with van der Waals surface area (Å²) in [6.45, 7) is 3.71. The standard InChI is InChI=1S/C16H16O6/c1-16(2)12(22-16)6-10(19)7-5-11(20)13-8(17)3-4-9(18)14(13)15(7)21/h3-5,12,17-18,20-21H,6H2,1-2H3. The highest BCUT2D eigenvalue weighted by Gasteiger charge is 2.48. The van der Waals surface area contributed by atoms with E-state index in [0.717, 1.165) is 6.07 Å². The van der Waals surface area contributed by atoms with E-state index in [0.29, 0.717) is 0 Å². The number of carbonyl (C=O) groups is 1. The summed E-state index contributed by atoms with van der Waals surface area (Å²) in [6.07, 6.45) is -0.180. The first-order valence-corrected chi connectivity index (χ1v) is 6.83. The largest absolute Gasteiger partial charge is 0.507 e. The average molecular weight is 304 g/mol. The number of benzene rings is 2. The second-order valence-electron chi connectivity index (χ2n) is 5.98. The Labute approximate surface area is 126 Å². The van der Waals surface area contributed by atoms with Crippen LogP contribution in [0.1, 0.15) is 30.6 Å². The summed E-state index contributed by atoms with van der Waals surface area (Å²) in [5, 5.41) is 39.7. The molecular weight excluding hydrogens is 288 g/mol. The molecule has 1 unspecified atom stereocenters. The van der Waals surface area contributed by atoms with Crippen molar-refractivity contribution in [2.24, 2.45) is 0 Å². The zero-order valence-electron chi connectivity index (χ0n) is 12.1.